The molecule has 1 amide bonds. The van der Waals surface area contributed by atoms with E-state index >= 15 is 0 Å². The lowest BCUT2D eigenvalue weighted by Gasteiger charge is -2.38. The van der Waals surface area contributed by atoms with E-state index in [0.29, 0.717) is 31.8 Å². The molecule has 0 radical (unpaired) electrons. The zero-order valence-corrected chi connectivity index (χ0v) is 17.3. The average molecular weight is 433 g/mol. The molecule has 0 bridgehead atoms. The number of nitrogens with zero attached hydrogens (tertiary/aromatic N) is 2. The Morgan fingerprint density at radius 2 is 1.96 bits per heavy atom. The Kier molecular flexibility index (Phi) is 6.17. The lowest BCUT2D eigenvalue weighted by Crippen LogP contribution is -2.45. The molecular formula is C21H25BrN2O3. The van der Waals surface area contributed by atoms with E-state index < -0.39 is 5.60 Å². The number of halogens is 1. The molecule has 3 rings (SSSR count). The molecule has 1 aromatic carbocycles. The minimum Gasteiger partial charge on any atom is -0.445 e. The lowest BCUT2D eigenvalue weighted by molar-refractivity contribution is -0.0258. The van der Waals surface area contributed by atoms with Crippen LogP contribution in [-0.4, -0.2) is 34.2 Å². The molecule has 27 heavy (non-hydrogen) atoms. The summed E-state index contributed by atoms with van der Waals surface area (Å²) in [7, 11) is 0. The lowest BCUT2D eigenvalue weighted by atomic mass is 9.85. The topological polar surface area (TPSA) is 62.7 Å². The Morgan fingerprint density at radius 3 is 2.56 bits per heavy atom. The SMILES string of the molecule is CC(C)c1ncc(C2(O)CCN(C(=O)OCc3ccccc3)CC2)cc1Br. The monoisotopic (exact) mass is 432 g/mol. The Balaban J connectivity index is 1.59. The number of pyridine rings is 1. The fourth-order valence-corrected chi connectivity index (χ4v) is 4.09. The van der Waals surface area contributed by atoms with E-state index in [4.69, 9.17) is 4.74 Å². The highest BCUT2D eigenvalue weighted by atomic mass is 79.9. The van der Waals surface area contributed by atoms with Gasteiger partial charge in [-0.1, -0.05) is 44.2 Å². The quantitative estimate of drug-likeness (QED) is 0.767. The van der Waals surface area contributed by atoms with Crippen molar-refractivity contribution < 1.29 is 14.6 Å². The third kappa shape index (κ3) is 4.68. The van der Waals surface area contributed by atoms with Crippen LogP contribution in [0.5, 0.6) is 0 Å². The number of carbonyl (C=O) groups is 1. The van der Waals surface area contributed by atoms with Crippen molar-refractivity contribution in [2.24, 2.45) is 0 Å². The van der Waals surface area contributed by atoms with Crippen LogP contribution in [0.25, 0.3) is 0 Å². The molecular weight excluding hydrogens is 408 g/mol. The zero-order valence-electron chi connectivity index (χ0n) is 15.7. The molecule has 1 N–H and O–H groups in total. The van der Waals surface area contributed by atoms with Crippen LogP contribution < -0.4 is 0 Å². The Labute approximate surface area is 168 Å². The second kappa shape index (κ2) is 8.40. The third-order valence-corrected chi connectivity index (χ3v) is 5.64. The summed E-state index contributed by atoms with van der Waals surface area (Å²) in [5.74, 6) is 0.310. The first kappa shape index (κ1) is 19.8. The minimum atomic E-state index is -0.971. The third-order valence-electron chi connectivity index (χ3n) is 5.01. The summed E-state index contributed by atoms with van der Waals surface area (Å²) in [5.41, 5.74) is 1.75. The summed E-state index contributed by atoms with van der Waals surface area (Å²) < 4.78 is 6.30. The Bertz CT molecular complexity index is 787. The number of rotatable bonds is 4. The van der Waals surface area contributed by atoms with Gasteiger partial charge in [-0.3, -0.25) is 4.98 Å². The van der Waals surface area contributed by atoms with Crippen molar-refractivity contribution >= 4 is 22.0 Å². The zero-order chi connectivity index (χ0) is 19.4. The van der Waals surface area contributed by atoms with Crippen molar-refractivity contribution in [3.8, 4) is 0 Å². The van der Waals surface area contributed by atoms with Gasteiger partial charge in [0.1, 0.15) is 6.61 Å². The van der Waals surface area contributed by atoms with E-state index in [1.807, 2.05) is 36.4 Å². The predicted octanol–water partition coefficient (Wildman–Crippen LogP) is 4.59. The molecule has 2 aromatic rings. The van der Waals surface area contributed by atoms with Crippen LogP contribution in [0.4, 0.5) is 4.79 Å². The second-order valence-corrected chi connectivity index (χ2v) is 8.16. The van der Waals surface area contributed by atoms with Crippen LogP contribution in [0.3, 0.4) is 0 Å². The van der Waals surface area contributed by atoms with E-state index in [9.17, 15) is 9.90 Å². The molecule has 5 nitrogen and oxygen atoms in total. The van der Waals surface area contributed by atoms with Gasteiger partial charge in [-0.15, -0.1) is 0 Å². The molecule has 1 aliphatic heterocycles. The molecule has 0 saturated carbocycles. The van der Waals surface area contributed by atoms with Gasteiger partial charge in [-0.2, -0.15) is 0 Å². The van der Waals surface area contributed by atoms with Crippen molar-refractivity contribution in [2.45, 2.75) is 44.8 Å². The highest BCUT2D eigenvalue weighted by Crippen LogP contribution is 2.35. The van der Waals surface area contributed by atoms with Crippen LogP contribution >= 0.6 is 15.9 Å². The van der Waals surface area contributed by atoms with Crippen molar-refractivity contribution in [2.75, 3.05) is 13.1 Å². The molecule has 0 spiro atoms. The fourth-order valence-electron chi connectivity index (χ4n) is 3.29. The number of ether oxygens (including phenoxy) is 1. The van der Waals surface area contributed by atoms with Crippen molar-refractivity contribution in [3.63, 3.8) is 0 Å². The second-order valence-electron chi connectivity index (χ2n) is 7.30. The van der Waals surface area contributed by atoms with Crippen molar-refractivity contribution in [1.29, 1.82) is 0 Å². The van der Waals surface area contributed by atoms with E-state index in [2.05, 4.69) is 34.8 Å². The maximum absolute atomic E-state index is 12.3. The van der Waals surface area contributed by atoms with Gasteiger partial charge in [0.05, 0.1) is 11.3 Å². The summed E-state index contributed by atoms with van der Waals surface area (Å²) in [6.07, 6.45) is 2.34. The summed E-state index contributed by atoms with van der Waals surface area (Å²) in [6.45, 7) is 5.33. The van der Waals surface area contributed by atoms with E-state index in [1.165, 1.54) is 0 Å². The van der Waals surface area contributed by atoms with Crippen LogP contribution in [0, 0.1) is 0 Å². The van der Waals surface area contributed by atoms with Crippen LogP contribution in [0.15, 0.2) is 47.1 Å². The van der Waals surface area contributed by atoms with Gasteiger partial charge < -0.3 is 14.7 Å². The maximum atomic E-state index is 12.3. The van der Waals surface area contributed by atoms with E-state index in [0.717, 1.165) is 21.3 Å². The van der Waals surface area contributed by atoms with Gasteiger partial charge in [0.25, 0.3) is 0 Å². The molecule has 2 heterocycles. The largest absolute Gasteiger partial charge is 0.445 e. The van der Waals surface area contributed by atoms with Gasteiger partial charge >= 0.3 is 6.09 Å². The van der Waals surface area contributed by atoms with Crippen molar-refractivity contribution in [1.82, 2.24) is 9.88 Å². The molecule has 1 fully saturated rings. The normalized spacial score (nSPS) is 16.4. The summed E-state index contributed by atoms with van der Waals surface area (Å²) in [4.78, 5) is 18.5. The predicted molar refractivity (Wildman–Crippen MR) is 107 cm³/mol. The van der Waals surface area contributed by atoms with E-state index in [1.54, 1.807) is 11.1 Å². The number of likely N-dealkylation sites (tertiary alicyclic amines) is 1. The fraction of sp³-hybridized carbons (Fsp3) is 0.429. The Hall–Kier alpha value is -1.92. The van der Waals surface area contributed by atoms with E-state index in [-0.39, 0.29) is 12.7 Å². The first-order chi connectivity index (χ1) is 12.9. The molecule has 0 atom stereocenters. The number of aromatic nitrogens is 1. The molecule has 0 unspecified atom stereocenters. The number of aliphatic hydroxyl groups is 1. The highest BCUT2D eigenvalue weighted by Gasteiger charge is 2.36. The highest BCUT2D eigenvalue weighted by molar-refractivity contribution is 9.10. The summed E-state index contributed by atoms with van der Waals surface area (Å²) >= 11 is 3.56. The van der Waals surface area contributed by atoms with Gasteiger partial charge in [0, 0.05) is 29.3 Å². The Morgan fingerprint density at radius 1 is 1.30 bits per heavy atom. The first-order valence-corrected chi connectivity index (χ1v) is 10.0. The number of carbonyl (C=O) groups excluding carboxylic acids is 1. The van der Waals surface area contributed by atoms with Gasteiger partial charge in [-0.05, 0) is 46.3 Å². The standard InChI is InChI=1S/C21H25BrN2O3/c1-15(2)19-18(22)12-17(13-23-19)21(26)8-10-24(11-9-21)20(25)27-14-16-6-4-3-5-7-16/h3-7,12-13,15,26H,8-11,14H2,1-2H3. The molecule has 0 aliphatic carbocycles. The van der Waals surface area contributed by atoms with Crippen molar-refractivity contribution in [3.05, 3.63) is 63.9 Å². The summed E-state index contributed by atoms with van der Waals surface area (Å²) in [6, 6.07) is 11.6. The first-order valence-electron chi connectivity index (χ1n) is 9.23. The molecule has 1 saturated heterocycles. The minimum absolute atomic E-state index is 0.258. The number of hydrogen-bond donors (Lipinski definition) is 1. The van der Waals surface area contributed by atoms with Crippen LogP contribution in [0.1, 0.15) is 49.4 Å². The molecule has 6 heteroatoms. The average Bonchev–Trinajstić information content (AvgIpc) is 2.67. The molecule has 144 valence electrons. The van der Waals surface area contributed by atoms with Crippen LogP contribution in [0.2, 0.25) is 0 Å². The molecule has 1 aromatic heterocycles. The van der Waals surface area contributed by atoms with Gasteiger partial charge in [0.15, 0.2) is 0 Å². The number of piperidine rings is 1. The van der Waals surface area contributed by atoms with Gasteiger partial charge in [-0.25, -0.2) is 4.79 Å². The smallest absolute Gasteiger partial charge is 0.410 e. The van der Waals surface area contributed by atoms with Crippen LogP contribution in [-0.2, 0) is 16.9 Å². The summed E-state index contributed by atoms with van der Waals surface area (Å²) in [5, 5.41) is 11.1. The molecule has 1 aliphatic rings. The number of hydrogen-bond acceptors (Lipinski definition) is 4. The van der Waals surface area contributed by atoms with Gasteiger partial charge in [0.2, 0.25) is 0 Å². The number of benzene rings is 1. The maximum Gasteiger partial charge on any atom is 0.410 e. The number of amides is 1.